The van der Waals surface area contributed by atoms with Crippen LogP contribution in [0.15, 0.2) is 58.1 Å². The number of aromatic nitrogens is 2. The Morgan fingerprint density at radius 1 is 1.23 bits per heavy atom. The number of nitrogens with one attached hydrogen (secondary N) is 2. The molecular formula is C19H23BrIN5. The standard InChI is InChI=1S/C19H22BrN5.HI/c1-13-7-6-10-18-24-15(12-25(13)18)11-22-19(21-3)23-14(2)16-8-4-5-9-17(16)20;/h4-10,12,14H,11H2,1-3H3,(H2,21,22,23);1H. The number of nitrogens with zero attached hydrogens (tertiary/aromatic N) is 3. The number of fused-ring (bicyclic) bond motifs is 1. The highest BCUT2D eigenvalue weighted by atomic mass is 127. The molecule has 0 fully saturated rings. The molecule has 7 heteroatoms. The fourth-order valence-corrected chi connectivity index (χ4v) is 3.39. The summed E-state index contributed by atoms with van der Waals surface area (Å²) in [4.78, 5) is 8.96. The zero-order valence-corrected chi connectivity index (χ0v) is 18.9. The number of aliphatic imine (C=N–C) groups is 1. The van der Waals surface area contributed by atoms with E-state index in [1.807, 2.05) is 30.3 Å². The Bertz CT molecular complexity index is 906. The van der Waals surface area contributed by atoms with Crippen LogP contribution in [0.25, 0.3) is 5.65 Å². The lowest BCUT2D eigenvalue weighted by molar-refractivity contribution is 0.681. The minimum absolute atomic E-state index is 0. The lowest BCUT2D eigenvalue weighted by Gasteiger charge is -2.19. The maximum Gasteiger partial charge on any atom is 0.191 e. The molecule has 26 heavy (non-hydrogen) atoms. The van der Waals surface area contributed by atoms with Gasteiger partial charge >= 0.3 is 0 Å². The van der Waals surface area contributed by atoms with E-state index in [1.54, 1.807) is 7.05 Å². The first-order valence-electron chi connectivity index (χ1n) is 8.23. The second-order valence-corrected chi connectivity index (χ2v) is 6.80. The van der Waals surface area contributed by atoms with Crippen molar-refractivity contribution in [3.05, 3.63) is 70.1 Å². The Hall–Kier alpha value is -1.61. The van der Waals surface area contributed by atoms with Crippen LogP contribution < -0.4 is 10.6 Å². The van der Waals surface area contributed by atoms with Gasteiger partial charge in [-0.25, -0.2) is 4.98 Å². The molecule has 138 valence electrons. The zero-order valence-electron chi connectivity index (χ0n) is 15.0. The molecule has 0 aliphatic rings. The number of guanidine groups is 1. The summed E-state index contributed by atoms with van der Waals surface area (Å²) in [5.74, 6) is 0.747. The summed E-state index contributed by atoms with van der Waals surface area (Å²) < 4.78 is 3.18. The molecule has 1 aromatic carbocycles. The van der Waals surface area contributed by atoms with E-state index in [0.717, 1.165) is 21.8 Å². The number of pyridine rings is 1. The second kappa shape index (κ2) is 9.36. The van der Waals surface area contributed by atoms with Crippen molar-refractivity contribution < 1.29 is 0 Å². The van der Waals surface area contributed by atoms with Crippen molar-refractivity contribution in [2.45, 2.75) is 26.4 Å². The van der Waals surface area contributed by atoms with Crippen molar-refractivity contribution in [1.82, 2.24) is 20.0 Å². The van der Waals surface area contributed by atoms with E-state index in [2.05, 4.69) is 73.1 Å². The Balaban J connectivity index is 0.00000243. The highest BCUT2D eigenvalue weighted by molar-refractivity contribution is 14.0. The summed E-state index contributed by atoms with van der Waals surface area (Å²) >= 11 is 3.60. The van der Waals surface area contributed by atoms with Crippen LogP contribution in [0.4, 0.5) is 0 Å². The van der Waals surface area contributed by atoms with Gasteiger partial charge in [0.15, 0.2) is 5.96 Å². The highest BCUT2D eigenvalue weighted by Crippen LogP contribution is 2.22. The molecule has 2 heterocycles. The Morgan fingerprint density at radius 2 is 2.00 bits per heavy atom. The SMILES string of the molecule is CN=C(NCc1cn2c(C)cccc2n1)NC(C)c1ccccc1Br.I. The molecule has 1 unspecified atom stereocenters. The first kappa shape index (κ1) is 20.7. The number of halogens is 2. The van der Waals surface area contributed by atoms with Gasteiger partial charge in [-0.1, -0.05) is 40.2 Å². The van der Waals surface area contributed by atoms with Crippen LogP contribution in [0.5, 0.6) is 0 Å². The average Bonchev–Trinajstić information content (AvgIpc) is 3.03. The predicted octanol–water partition coefficient (Wildman–Crippen LogP) is 4.45. The normalized spacial score (nSPS) is 12.5. The number of benzene rings is 1. The molecule has 0 amide bonds. The molecule has 1 atom stereocenters. The number of aryl methyl sites for hydroxylation is 1. The van der Waals surface area contributed by atoms with Gasteiger partial charge in [0, 0.05) is 23.4 Å². The third-order valence-corrected chi connectivity index (χ3v) is 4.85. The van der Waals surface area contributed by atoms with E-state index in [0.29, 0.717) is 6.54 Å². The van der Waals surface area contributed by atoms with Crippen molar-refractivity contribution in [3.8, 4) is 0 Å². The molecule has 2 aromatic heterocycles. The molecule has 0 bridgehead atoms. The summed E-state index contributed by atoms with van der Waals surface area (Å²) in [6.45, 7) is 4.80. The fraction of sp³-hybridized carbons (Fsp3) is 0.263. The predicted molar refractivity (Wildman–Crippen MR) is 121 cm³/mol. The first-order valence-corrected chi connectivity index (χ1v) is 9.03. The molecule has 3 rings (SSSR count). The molecule has 0 saturated carbocycles. The molecule has 0 aliphatic heterocycles. The number of rotatable bonds is 4. The number of hydrogen-bond donors (Lipinski definition) is 2. The van der Waals surface area contributed by atoms with Crippen LogP contribution in [0.2, 0.25) is 0 Å². The minimum Gasteiger partial charge on any atom is -0.351 e. The molecule has 0 spiro atoms. The van der Waals surface area contributed by atoms with E-state index >= 15 is 0 Å². The topological polar surface area (TPSA) is 53.7 Å². The van der Waals surface area contributed by atoms with Crippen LogP contribution in [0.1, 0.15) is 29.9 Å². The van der Waals surface area contributed by atoms with Gasteiger partial charge in [0.25, 0.3) is 0 Å². The molecule has 5 nitrogen and oxygen atoms in total. The Kier molecular flexibility index (Phi) is 7.45. The largest absolute Gasteiger partial charge is 0.351 e. The Labute approximate surface area is 179 Å². The maximum absolute atomic E-state index is 4.64. The summed E-state index contributed by atoms with van der Waals surface area (Å²) in [6.07, 6.45) is 2.06. The van der Waals surface area contributed by atoms with E-state index in [1.165, 1.54) is 11.3 Å². The second-order valence-electron chi connectivity index (χ2n) is 5.94. The molecular weight excluding hydrogens is 505 g/mol. The number of imidazole rings is 1. The van der Waals surface area contributed by atoms with Crippen molar-refractivity contribution in [1.29, 1.82) is 0 Å². The van der Waals surface area contributed by atoms with Crippen LogP contribution in [0, 0.1) is 6.92 Å². The quantitative estimate of drug-likeness (QED) is 0.299. The molecule has 0 saturated heterocycles. The van der Waals surface area contributed by atoms with Crippen LogP contribution in [-0.2, 0) is 6.54 Å². The van der Waals surface area contributed by atoms with Crippen LogP contribution in [0.3, 0.4) is 0 Å². The first-order chi connectivity index (χ1) is 12.1. The summed E-state index contributed by atoms with van der Waals surface area (Å²) in [5, 5.41) is 6.75. The zero-order chi connectivity index (χ0) is 17.8. The van der Waals surface area contributed by atoms with Gasteiger partial charge in [-0.15, -0.1) is 24.0 Å². The van der Waals surface area contributed by atoms with Crippen LogP contribution in [-0.4, -0.2) is 22.4 Å². The molecule has 3 aromatic rings. The van der Waals surface area contributed by atoms with E-state index in [9.17, 15) is 0 Å². The van der Waals surface area contributed by atoms with E-state index in [-0.39, 0.29) is 30.0 Å². The Morgan fingerprint density at radius 3 is 2.69 bits per heavy atom. The van der Waals surface area contributed by atoms with Gasteiger partial charge in [-0.05, 0) is 37.6 Å². The molecule has 0 aliphatic carbocycles. The van der Waals surface area contributed by atoms with Crippen molar-refractivity contribution in [2.24, 2.45) is 4.99 Å². The number of hydrogen-bond acceptors (Lipinski definition) is 2. The summed E-state index contributed by atoms with van der Waals surface area (Å²) in [5.41, 5.74) is 4.29. The molecule has 2 N–H and O–H groups in total. The molecule has 0 radical (unpaired) electrons. The van der Waals surface area contributed by atoms with Gasteiger partial charge in [0.1, 0.15) is 5.65 Å². The minimum atomic E-state index is 0. The monoisotopic (exact) mass is 527 g/mol. The van der Waals surface area contributed by atoms with Crippen molar-refractivity contribution >= 4 is 51.5 Å². The van der Waals surface area contributed by atoms with Gasteiger partial charge in [-0.2, -0.15) is 0 Å². The van der Waals surface area contributed by atoms with Gasteiger partial charge in [-0.3, -0.25) is 4.99 Å². The summed E-state index contributed by atoms with van der Waals surface area (Å²) in [6, 6.07) is 14.4. The summed E-state index contributed by atoms with van der Waals surface area (Å²) in [7, 11) is 1.77. The average molecular weight is 528 g/mol. The fourth-order valence-electron chi connectivity index (χ4n) is 2.76. The van der Waals surface area contributed by atoms with Gasteiger partial charge in [0.2, 0.25) is 0 Å². The van der Waals surface area contributed by atoms with Crippen molar-refractivity contribution in [3.63, 3.8) is 0 Å². The third-order valence-electron chi connectivity index (χ3n) is 4.13. The highest BCUT2D eigenvalue weighted by Gasteiger charge is 2.11. The maximum atomic E-state index is 4.64. The van der Waals surface area contributed by atoms with E-state index in [4.69, 9.17) is 0 Å². The van der Waals surface area contributed by atoms with Gasteiger partial charge < -0.3 is 15.0 Å². The van der Waals surface area contributed by atoms with Crippen LogP contribution >= 0.6 is 39.9 Å². The van der Waals surface area contributed by atoms with Gasteiger partial charge in [0.05, 0.1) is 18.3 Å². The third kappa shape index (κ3) is 4.76. The van der Waals surface area contributed by atoms with E-state index < -0.39 is 0 Å². The lowest BCUT2D eigenvalue weighted by Crippen LogP contribution is -2.38. The lowest BCUT2D eigenvalue weighted by atomic mass is 10.1. The smallest absolute Gasteiger partial charge is 0.191 e. The van der Waals surface area contributed by atoms with Crippen molar-refractivity contribution in [2.75, 3.05) is 7.05 Å².